The van der Waals surface area contributed by atoms with Crippen LogP contribution in [0.1, 0.15) is 34.5 Å². The lowest BCUT2D eigenvalue weighted by Gasteiger charge is -2.13. The average Bonchev–Trinajstić information content (AvgIpc) is 3.46. The highest BCUT2D eigenvalue weighted by Crippen LogP contribution is 2.35. The first-order valence-electron chi connectivity index (χ1n) is 9.72. The van der Waals surface area contributed by atoms with E-state index in [9.17, 15) is 19.7 Å². The van der Waals surface area contributed by atoms with Gasteiger partial charge in [0.1, 0.15) is 17.4 Å². The second-order valence-corrected chi connectivity index (χ2v) is 8.63. The van der Waals surface area contributed by atoms with Crippen LogP contribution in [-0.4, -0.2) is 45.8 Å². The molecule has 0 spiro atoms. The molecule has 2 amide bonds. The van der Waals surface area contributed by atoms with Gasteiger partial charge >= 0.3 is 0 Å². The van der Waals surface area contributed by atoms with Crippen molar-refractivity contribution in [2.24, 2.45) is 0 Å². The van der Waals surface area contributed by atoms with Crippen molar-refractivity contribution in [2.75, 3.05) is 18.5 Å². The minimum absolute atomic E-state index is 0.0304. The number of hydrogen-bond acceptors (Lipinski definition) is 7. The number of nitrogens with one attached hydrogen (secondary N) is 2. The number of carbonyl (C=O) groups excluding carboxylic acids is 2. The lowest BCUT2D eigenvalue weighted by molar-refractivity contribution is -0.384. The van der Waals surface area contributed by atoms with E-state index in [-0.39, 0.29) is 34.8 Å². The number of ether oxygens (including phenoxy) is 1. The van der Waals surface area contributed by atoms with Crippen LogP contribution in [0, 0.1) is 10.1 Å². The summed E-state index contributed by atoms with van der Waals surface area (Å²) in [6.45, 7) is 1.09. The van der Waals surface area contributed by atoms with Crippen molar-refractivity contribution in [3.63, 3.8) is 0 Å². The third-order valence-corrected chi connectivity index (χ3v) is 6.39. The molecule has 1 unspecified atom stereocenters. The molecule has 2 aliphatic heterocycles. The van der Waals surface area contributed by atoms with E-state index < -0.39 is 10.8 Å². The number of carbonyl (C=O) groups is 2. The minimum atomic E-state index is -0.643. The van der Waals surface area contributed by atoms with Crippen LogP contribution in [0.2, 0.25) is 5.02 Å². The maximum absolute atomic E-state index is 12.8. The van der Waals surface area contributed by atoms with Gasteiger partial charge in [0.2, 0.25) is 5.91 Å². The van der Waals surface area contributed by atoms with E-state index in [1.165, 1.54) is 16.8 Å². The fraction of sp³-hybridized carbons (Fsp3) is 0.421. The molecular weight excluding hydrogens is 446 g/mol. The first kappa shape index (κ1) is 21.6. The van der Waals surface area contributed by atoms with Gasteiger partial charge in [-0.3, -0.25) is 19.7 Å². The molecule has 1 aromatic carbocycles. The number of halogens is 1. The summed E-state index contributed by atoms with van der Waals surface area (Å²) in [6.07, 6.45) is 1.94. The van der Waals surface area contributed by atoms with Crippen LogP contribution in [0.25, 0.3) is 0 Å². The lowest BCUT2D eigenvalue weighted by Crippen LogP contribution is -2.34. The topological polar surface area (TPSA) is 128 Å². The van der Waals surface area contributed by atoms with Gasteiger partial charge in [-0.05, 0) is 25.0 Å². The van der Waals surface area contributed by atoms with Crippen molar-refractivity contribution in [3.8, 4) is 0 Å². The van der Waals surface area contributed by atoms with Crippen molar-refractivity contribution in [3.05, 3.63) is 50.2 Å². The predicted octanol–water partition coefficient (Wildman–Crippen LogP) is 2.74. The molecule has 12 heteroatoms. The Morgan fingerprint density at radius 3 is 2.97 bits per heavy atom. The Morgan fingerprint density at radius 2 is 2.23 bits per heavy atom. The normalized spacial score (nSPS) is 17.4. The Kier molecular flexibility index (Phi) is 6.44. The van der Waals surface area contributed by atoms with Gasteiger partial charge in [-0.25, -0.2) is 4.68 Å². The zero-order chi connectivity index (χ0) is 22.0. The maximum atomic E-state index is 12.8. The first-order valence-corrected chi connectivity index (χ1v) is 11.3. The van der Waals surface area contributed by atoms with Crippen LogP contribution in [0.3, 0.4) is 0 Å². The van der Waals surface area contributed by atoms with Crippen molar-refractivity contribution in [1.82, 2.24) is 15.1 Å². The maximum Gasteiger partial charge on any atom is 0.288 e. The molecule has 4 rings (SSSR count). The number of fused-ring (bicyclic) bond motifs is 1. The Morgan fingerprint density at radius 1 is 1.39 bits per heavy atom. The summed E-state index contributed by atoms with van der Waals surface area (Å²) in [5.41, 5.74) is 1.41. The highest BCUT2D eigenvalue weighted by atomic mass is 35.5. The van der Waals surface area contributed by atoms with E-state index in [2.05, 4.69) is 15.7 Å². The Balaban J connectivity index is 1.50. The van der Waals surface area contributed by atoms with E-state index in [0.717, 1.165) is 30.2 Å². The quantitative estimate of drug-likeness (QED) is 0.475. The van der Waals surface area contributed by atoms with Gasteiger partial charge in [-0.15, -0.1) is 0 Å². The Hall–Kier alpha value is -2.63. The molecule has 164 valence electrons. The molecule has 3 heterocycles. The van der Waals surface area contributed by atoms with Crippen LogP contribution in [0.5, 0.6) is 0 Å². The van der Waals surface area contributed by atoms with Gasteiger partial charge in [-0.1, -0.05) is 11.6 Å². The van der Waals surface area contributed by atoms with Gasteiger partial charge < -0.3 is 15.4 Å². The molecule has 2 aliphatic rings. The predicted molar refractivity (Wildman–Crippen MR) is 115 cm³/mol. The molecule has 1 saturated heterocycles. The number of rotatable bonds is 7. The highest BCUT2D eigenvalue weighted by Gasteiger charge is 2.26. The molecule has 2 N–H and O–H groups in total. The van der Waals surface area contributed by atoms with Crippen molar-refractivity contribution >= 4 is 46.7 Å². The second-order valence-electron chi connectivity index (χ2n) is 7.24. The molecule has 0 radical (unpaired) electrons. The van der Waals surface area contributed by atoms with Crippen molar-refractivity contribution in [2.45, 2.75) is 37.0 Å². The first-order chi connectivity index (χ1) is 14.9. The van der Waals surface area contributed by atoms with Crippen molar-refractivity contribution in [1.29, 1.82) is 0 Å². The fourth-order valence-corrected chi connectivity index (χ4v) is 4.74. The number of nitro groups is 1. The third-order valence-electron chi connectivity index (χ3n) is 5.10. The highest BCUT2D eigenvalue weighted by molar-refractivity contribution is 7.98. The molecule has 0 saturated carbocycles. The number of hydrogen-bond donors (Lipinski definition) is 2. The lowest BCUT2D eigenvalue weighted by atomic mass is 10.2. The number of aromatic nitrogens is 2. The number of nitro benzene ring substituents is 1. The Bertz CT molecular complexity index is 1040. The SMILES string of the molecule is O=C(Cn1nc2c(c1NC(=O)c1ccc(Cl)c([N+](=O)[O-])c1)CSC2)NCC1CCCO1. The van der Waals surface area contributed by atoms with Gasteiger partial charge in [-0.2, -0.15) is 16.9 Å². The van der Waals surface area contributed by atoms with Gasteiger partial charge in [0.25, 0.3) is 11.6 Å². The molecular formula is C19H20ClN5O5S. The molecule has 2 aromatic rings. The number of nitrogens with zero attached hydrogens (tertiary/aromatic N) is 3. The summed E-state index contributed by atoms with van der Waals surface area (Å²) < 4.78 is 6.98. The zero-order valence-electron chi connectivity index (χ0n) is 16.4. The fourth-order valence-electron chi connectivity index (χ4n) is 3.52. The van der Waals surface area contributed by atoms with Gasteiger partial charge in [0, 0.05) is 41.9 Å². The molecule has 1 atom stereocenters. The molecule has 10 nitrogen and oxygen atoms in total. The summed E-state index contributed by atoms with van der Waals surface area (Å²) >= 11 is 7.49. The van der Waals surface area contributed by atoms with Crippen LogP contribution < -0.4 is 10.6 Å². The number of benzene rings is 1. The van der Waals surface area contributed by atoms with Crippen molar-refractivity contribution < 1.29 is 19.2 Å². The smallest absolute Gasteiger partial charge is 0.288 e. The Labute approximate surface area is 186 Å². The number of anilines is 1. The summed E-state index contributed by atoms with van der Waals surface area (Å²) in [5, 5.41) is 21.2. The number of thioether (sulfide) groups is 1. The van der Waals surface area contributed by atoms with Crippen LogP contribution in [0.15, 0.2) is 18.2 Å². The summed E-state index contributed by atoms with van der Waals surface area (Å²) in [5.74, 6) is 0.996. The van der Waals surface area contributed by atoms with E-state index in [1.807, 2.05) is 0 Å². The zero-order valence-corrected chi connectivity index (χ0v) is 18.0. The largest absolute Gasteiger partial charge is 0.376 e. The minimum Gasteiger partial charge on any atom is -0.376 e. The molecule has 1 aromatic heterocycles. The van der Waals surface area contributed by atoms with E-state index >= 15 is 0 Å². The molecule has 0 bridgehead atoms. The molecule has 0 aliphatic carbocycles. The standard InChI is InChI=1S/C19H20ClN5O5S/c20-14-4-3-11(6-16(14)25(28)29)19(27)22-18-13-9-31-10-15(13)23-24(18)8-17(26)21-7-12-2-1-5-30-12/h3-4,6,12H,1-2,5,7-10H2,(H,21,26)(H,22,27). The summed E-state index contributed by atoms with van der Waals surface area (Å²) in [7, 11) is 0. The summed E-state index contributed by atoms with van der Waals surface area (Å²) in [4.78, 5) is 35.7. The number of amides is 2. The van der Waals surface area contributed by atoms with Crippen LogP contribution in [0.4, 0.5) is 11.5 Å². The van der Waals surface area contributed by atoms with Gasteiger partial charge in [0.05, 0.1) is 16.7 Å². The van der Waals surface area contributed by atoms with Crippen LogP contribution in [-0.2, 0) is 27.6 Å². The van der Waals surface area contributed by atoms with E-state index in [4.69, 9.17) is 16.3 Å². The van der Waals surface area contributed by atoms with Crippen LogP contribution >= 0.6 is 23.4 Å². The monoisotopic (exact) mass is 465 g/mol. The average molecular weight is 466 g/mol. The van der Waals surface area contributed by atoms with E-state index in [1.54, 1.807) is 11.8 Å². The second kappa shape index (κ2) is 9.25. The summed E-state index contributed by atoms with van der Waals surface area (Å²) in [6, 6.07) is 3.85. The molecule has 31 heavy (non-hydrogen) atoms. The van der Waals surface area contributed by atoms with Gasteiger partial charge in [0.15, 0.2) is 0 Å². The molecule has 1 fully saturated rings. The third kappa shape index (κ3) is 4.83. The van der Waals surface area contributed by atoms with E-state index in [0.29, 0.717) is 30.5 Å².